The van der Waals surface area contributed by atoms with E-state index >= 15 is 0 Å². The lowest BCUT2D eigenvalue weighted by Gasteiger charge is -2.32. The third-order valence-electron chi connectivity index (χ3n) is 7.90. The first-order valence-corrected chi connectivity index (χ1v) is 14.4. The van der Waals surface area contributed by atoms with Crippen LogP contribution < -0.4 is 10.6 Å². The monoisotopic (exact) mass is 656 g/mol. The van der Waals surface area contributed by atoms with Gasteiger partial charge in [-0.3, -0.25) is 14.3 Å². The maximum absolute atomic E-state index is 14.1. The number of aliphatic hydroxyl groups is 1. The Balaban J connectivity index is 1.62. The van der Waals surface area contributed by atoms with Gasteiger partial charge in [0.2, 0.25) is 0 Å². The van der Waals surface area contributed by atoms with Crippen LogP contribution in [0.2, 0.25) is 0 Å². The fraction of sp³-hybridized carbons (Fsp3) is 0.143. The van der Waals surface area contributed by atoms with Gasteiger partial charge in [-0.2, -0.15) is 0 Å². The van der Waals surface area contributed by atoms with Crippen LogP contribution in [0.5, 0.6) is 34.5 Å². The molecule has 13 heteroatoms. The quantitative estimate of drug-likeness (QED) is 0.119. The van der Waals surface area contributed by atoms with Crippen molar-refractivity contribution < 1.29 is 54.8 Å². The lowest BCUT2D eigenvalue weighted by atomic mass is 9.74. The van der Waals surface area contributed by atoms with Crippen molar-refractivity contribution in [1.82, 2.24) is 10.6 Å². The SMILES string of the molecule is CO[C@@]1(C(=O)N/C=C/c2ccc(O)cc2)O[C@](O)(C(=O)N/C=C/c2ccc(O)cc2)[C@@H](c2ccc(O)c(O)c2)[C@@H]1c1ccc(O)c(O)c1. The number of hydrogen-bond donors (Lipinski definition) is 9. The van der Waals surface area contributed by atoms with Crippen molar-refractivity contribution in [3.8, 4) is 34.5 Å². The van der Waals surface area contributed by atoms with E-state index in [4.69, 9.17) is 9.47 Å². The summed E-state index contributed by atoms with van der Waals surface area (Å²) in [5.74, 6) is -12.7. The summed E-state index contributed by atoms with van der Waals surface area (Å²) >= 11 is 0. The summed E-state index contributed by atoms with van der Waals surface area (Å²) in [6.45, 7) is 0. The highest BCUT2D eigenvalue weighted by molar-refractivity contribution is 5.92. The predicted molar refractivity (Wildman–Crippen MR) is 171 cm³/mol. The van der Waals surface area contributed by atoms with Crippen LogP contribution in [0, 0.1) is 0 Å². The molecule has 0 radical (unpaired) electrons. The molecule has 2 amide bonds. The molecule has 0 saturated carbocycles. The average molecular weight is 657 g/mol. The van der Waals surface area contributed by atoms with Gasteiger partial charge in [-0.05, 0) is 82.9 Å². The number of nitrogens with one attached hydrogen (secondary N) is 2. The first-order valence-electron chi connectivity index (χ1n) is 14.4. The molecule has 1 saturated heterocycles. The van der Waals surface area contributed by atoms with Gasteiger partial charge < -0.3 is 51.1 Å². The third kappa shape index (κ3) is 6.46. The van der Waals surface area contributed by atoms with Gasteiger partial charge in [-0.25, -0.2) is 0 Å². The van der Waals surface area contributed by atoms with Crippen LogP contribution in [-0.2, 0) is 19.1 Å². The lowest BCUT2D eigenvalue weighted by molar-refractivity contribution is -0.279. The molecule has 1 heterocycles. The number of amides is 2. The number of hydrogen-bond acceptors (Lipinski definition) is 11. The number of phenolic OH excluding ortho intramolecular Hbond substituents is 6. The zero-order valence-corrected chi connectivity index (χ0v) is 25.3. The Labute approximate surface area is 273 Å². The largest absolute Gasteiger partial charge is 0.508 e. The van der Waals surface area contributed by atoms with Crippen LogP contribution in [0.4, 0.5) is 0 Å². The Kier molecular flexibility index (Phi) is 9.29. The minimum atomic E-state index is -2.92. The topological polar surface area (TPSA) is 218 Å². The van der Waals surface area contributed by atoms with E-state index in [-0.39, 0.29) is 22.6 Å². The van der Waals surface area contributed by atoms with Gasteiger partial charge in [0, 0.05) is 19.5 Å². The van der Waals surface area contributed by atoms with E-state index in [2.05, 4.69) is 10.6 Å². The molecule has 5 rings (SSSR count). The number of ether oxygens (including phenoxy) is 2. The van der Waals surface area contributed by atoms with Crippen LogP contribution in [0.3, 0.4) is 0 Å². The standard InChI is InChI=1S/C35H32N2O11/c1-47-35(33(45)37-17-15-21-4-10-25(39)11-5-21)31(23-7-13-27(41)29(43)19-23)30(22-6-12-26(40)28(42)18-22)34(46,48-35)32(44)36-16-14-20-2-8-24(38)9-3-20/h2-19,30-31,38-43,46H,1H3,(H,36,44)(H,37,45)/b16-14+,17-15+/t30-,31-,34-,35+/m0/s1. The number of phenols is 6. The molecule has 0 spiro atoms. The maximum Gasteiger partial charge on any atom is 0.285 e. The minimum absolute atomic E-state index is 0.0226. The summed E-state index contributed by atoms with van der Waals surface area (Å²) < 4.78 is 11.7. The molecule has 48 heavy (non-hydrogen) atoms. The smallest absolute Gasteiger partial charge is 0.285 e. The third-order valence-corrected chi connectivity index (χ3v) is 7.90. The fourth-order valence-electron chi connectivity index (χ4n) is 5.54. The van der Waals surface area contributed by atoms with E-state index < -0.39 is 58.2 Å². The first kappa shape index (κ1) is 33.3. The molecule has 1 aliphatic rings. The Morgan fingerprint density at radius 3 is 1.52 bits per heavy atom. The van der Waals surface area contributed by atoms with Crippen molar-refractivity contribution in [3.05, 3.63) is 120 Å². The number of methoxy groups -OCH3 is 1. The molecule has 0 unspecified atom stereocenters. The lowest BCUT2D eigenvalue weighted by Crippen LogP contribution is -2.54. The van der Waals surface area contributed by atoms with E-state index in [0.29, 0.717) is 11.1 Å². The van der Waals surface area contributed by atoms with Crippen LogP contribution in [-0.4, -0.2) is 66.2 Å². The van der Waals surface area contributed by atoms with E-state index in [9.17, 15) is 45.3 Å². The zero-order chi connectivity index (χ0) is 34.6. The zero-order valence-electron chi connectivity index (χ0n) is 25.3. The second-order valence-electron chi connectivity index (χ2n) is 10.9. The highest BCUT2D eigenvalue weighted by Gasteiger charge is 2.70. The molecule has 4 aromatic carbocycles. The second kappa shape index (κ2) is 13.4. The van der Waals surface area contributed by atoms with Gasteiger partial charge >= 0.3 is 0 Å². The fourth-order valence-corrected chi connectivity index (χ4v) is 5.54. The summed E-state index contributed by atoms with van der Waals surface area (Å²) in [6, 6.07) is 19.1. The Morgan fingerprint density at radius 1 is 0.646 bits per heavy atom. The molecule has 9 N–H and O–H groups in total. The number of rotatable bonds is 9. The van der Waals surface area contributed by atoms with Gasteiger partial charge in [-0.1, -0.05) is 36.4 Å². The van der Waals surface area contributed by atoms with Gasteiger partial charge in [0.05, 0.1) is 11.8 Å². The van der Waals surface area contributed by atoms with Gasteiger partial charge in [0.1, 0.15) is 11.5 Å². The molecule has 0 aliphatic carbocycles. The van der Waals surface area contributed by atoms with E-state index in [1.807, 2.05) is 0 Å². The van der Waals surface area contributed by atoms with Gasteiger partial charge in [-0.15, -0.1) is 0 Å². The van der Waals surface area contributed by atoms with Crippen molar-refractivity contribution in [2.75, 3.05) is 7.11 Å². The van der Waals surface area contributed by atoms with E-state index in [1.165, 1.54) is 61.0 Å². The number of carbonyl (C=O) groups excluding carboxylic acids is 2. The normalized spacial score (nSPS) is 22.2. The molecule has 248 valence electrons. The van der Waals surface area contributed by atoms with Crippen molar-refractivity contribution in [1.29, 1.82) is 0 Å². The summed E-state index contributed by atoms with van der Waals surface area (Å²) in [5, 5.41) is 77.3. The van der Waals surface area contributed by atoms with Gasteiger partial charge in [0.15, 0.2) is 23.0 Å². The minimum Gasteiger partial charge on any atom is -0.508 e. The van der Waals surface area contributed by atoms with E-state index in [0.717, 1.165) is 31.4 Å². The molecule has 13 nitrogen and oxygen atoms in total. The summed E-state index contributed by atoms with van der Waals surface area (Å²) in [5.41, 5.74) is 1.27. The average Bonchev–Trinajstić information content (AvgIpc) is 3.36. The number of carbonyl (C=O) groups is 2. The molecular weight excluding hydrogens is 624 g/mol. The summed E-state index contributed by atoms with van der Waals surface area (Å²) in [7, 11) is 1.11. The molecule has 0 aromatic heterocycles. The van der Waals surface area contributed by atoms with Crippen molar-refractivity contribution in [2.24, 2.45) is 0 Å². The Hall–Kier alpha value is -6.02. The Bertz CT molecular complexity index is 1870. The van der Waals surface area contributed by atoms with E-state index in [1.54, 1.807) is 24.3 Å². The number of aromatic hydroxyl groups is 6. The van der Waals surface area contributed by atoms with Crippen molar-refractivity contribution in [2.45, 2.75) is 23.4 Å². The van der Waals surface area contributed by atoms with Crippen LogP contribution in [0.25, 0.3) is 12.2 Å². The maximum atomic E-state index is 14.1. The summed E-state index contributed by atoms with van der Waals surface area (Å²) in [4.78, 5) is 28.0. The molecule has 4 aromatic rings. The molecule has 1 fully saturated rings. The summed E-state index contributed by atoms with van der Waals surface area (Å²) in [6.07, 6.45) is 5.43. The predicted octanol–water partition coefficient (Wildman–Crippen LogP) is 3.42. The molecular formula is C35H32N2O11. The molecule has 0 bridgehead atoms. The second-order valence-corrected chi connectivity index (χ2v) is 10.9. The highest BCUT2D eigenvalue weighted by atomic mass is 16.8. The van der Waals surface area contributed by atoms with Crippen LogP contribution in [0.1, 0.15) is 34.1 Å². The van der Waals surface area contributed by atoms with Crippen LogP contribution >= 0.6 is 0 Å². The molecule has 1 aliphatic heterocycles. The van der Waals surface area contributed by atoms with Crippen LogP contribution in [0.15, 0.2) is 97.3 Å². The Morgan fingerprint density at radius 2 is 1.08 bits per heavy atom. The highest BCUT2D eigenvalue weighted by Crippen LogP contribution is 2.58. The van der Waals surface area contributed by atoms with Gasteiger partial charge in [0.25, 0.3) is 23.4 Å². The first-order chi connectivity index (χ1) is 22.9. The number of benzene rings is 4. The molecule has 4 atom stereocenters. The van der Waals surface area contributed by atoms with Crippen molar-refractivity contribution >= 4 is 24.0 Å². The van der Waals surface area contributed by atoms with Crippen molar-refractivity contribution in [3.63, 3.8) is 0 Å².